The van der Waals surface area contributed by atoms with Gasteiger partial charge in [0.05, 0.1) is 31.9 Å². The van der Waals surface area contributed by atoms with E-state index in [-0.39, 0.29) is 49.7 Å². The van der Waals surface area contributed by atoms with E-state index in [2.05, 4.69) is 31.6 Å². The van der Waals surface area contributed by atoms with Crippen molar-refractivity contribution in [1.82, 2.24) is 36.1 Å². The highest BCUT2D eigenvalue weighted by molar-refractivity contribution is 8.76. The first-order chi connectivity index (χ1) is 28.4. The number of hydrogen-bond acceptors (Lipinski definition) is 16. The Hall–Kier alpha value is -5.58. The number of aliphatic imine (C=N–C) groups is 1. The van der Waals surface area contributed by atoms with Crippen molar-refractivity contribution in [3.63, 3.8) is 0 Å². The van der Waals surface area contributed by atoms with Crippen LogP contribution in [-0.4, -0.2) is 147 Å². The Morgan fingerprint density at radius 2 is 1.77 bits per heavy atom. The van der Waals surface area contributed by atoms with Gasteiger partial charge in [-0.2, -0.15) is 4.39 Å². The van der Waals surface area contributed by atoms with Gasteiger partial charge >= 0.3 is 11.7 Å². The maximum absolute atomic E-state index is 13.9. The van der Waals surface area contributed by atoms with Gasteiger partial charge in [0.15, 0.2) is 5.96 Å². The Balaban J connectivity index is 1.74. The molecule has 0 saturated carbocycles. The average molecular weight is 892 g/mol. The number of aldehydes is 1. The quantitative estimate of drug-likeness (QED) is 0.0242. The van der Waals surface area contributed by atoms with Gasteiger partial charge in [-0.3, -0.25) is 48.1 Å². The third kappa shape index (κ3) is 15.5. The molecule has 0 radical (unpaired) electrons. The molecule has 3 rings (SSSR count). The molecule has 2 saturated heterocycles. The number of rotatable bonds is 16. The molecule has 6 amide bonds. The van der Waals surface area contributed by atoms with Gasteiger partial charge in [0.1, 0.15) is 48.9 Å². The van der Waals surface area contributed by atoms with Gasteiger partial charge in [-0.1, -0.05) is 21.6 Å². The van der Waals surface area contributed by atoms with Gasteiger partial charge in [0.25, 0.3) is 5.56 Å². The zero-order valence-corrected chi connectivity index (χ0v) is 33.3. The van der Waals surface area contributed by atoms with E-state index in [1.54, 1.807) is 4.98 Å². The number of nitrogens with one attached hydrogen (secondary N) is 6. The minimum atomic E-state index is -1.64. The lowest BCUT2D eigenvalue weighted by Gasteiger charge is -2.23. The summed E-state index contributed by atoms with van der Waals surface area (Å²) in [5, 5.41) is 31.4. The Kier molecular flexibility index (Phi) is 19.4. The van der Waals surface area contributed by atoms with Crippen molar-refractivity contribution in [3.05, 3.63) is 32.9 Å². The Labute approximate surface area is 346 Å². The lowest BCUT2D eigenvalue weighted by Crippen LogP contribution is -2.56. The molecule has 2 aliphatic heterocycles. The van der Waals surface area contributed by atoms with Gasteiger partial charge in [-0.25, -0.2) is 9.59 Å². The number of hydrogen-bond donors (Lipinski definition) is 11. The van der Waals surface area contributed by atoms with Crippen LogP contribution < -0.4 is 55.0 Å². The molecule has 3 heterocycles. The van der Waals surface area contributed by atoms with E-state index in [9.17, 15) is 62.5 Å². The lowest BCUT2D eigenvalue weighted by atomic mass is 10.1. The van der Waals surface area contributed by atoms with E-state index in [0.29, 0.717) is 12.5 Å². The van der Waals surface area contributed by atoms with Crippen LogP contribution in [0.1, 0.15) is 44.8 Å². The number of amides is 6. The minimum Gasteiger partial charge on any atom is -0.480 e. The van der Waals surface area contributed by atoms with E-state index < -0.39 is 133 Å². The number of carboxylic acids is 1. The fourth-order valence-electron chi connectivity index (χ4n) is 5.64. The predicted octanol–water partition coefficient (Wildman–Crippen LogP) is -5.85. The zero-order chi connectivity index (χ0) is 44.5. The minimum absolute atomic E-state index is 0.0420. The monoisotopic (exact) mass is 891 g/mol. The molecular formula is C32H46FN11O14S2. The van der Waals surface area contributed by atoms with Crippen LogP contribution in [0, 0.1) is 5.82 Å². The number of aromatic nitrogens is 2. The molecule has 28 heteroatoms. The molecule has 4 unspecified atom stereocenters. The third-order valence-corrected chi connectivity index (χ3v) is 11.1. The number of aliphatic carboxylic acids is 1. The second-order valence-electron chi connectivity index (χ2n) is 13.2. The van der Waals surface area contributed by atoms with Crippen LogP contribution in [0.5, 0.6) is 0 Å². The van der Waals surface area contributed by atoms with Crippen molar-refractivity contribution >= 4 is 75.2 Å². The van der Waals surface area contributed by atoms with Gasteiger partial charge in [-0.05, 0) is 19.3 Å². The molecule has 1 aromatic rings. The van der Waals surface area contributed by atoms with Crippen LogP contribution in [0.4, 0.5) is 4.39 Å². The number of nitrogens with two attached hydrogens (primary N) is 3. The Morgan fingerprint density at radius 3 is 2.42 bits per heavy atom. The summed E-state index contributed by atoms with van der Waals surface area (Å²) in [7, 11) is 1.79. The number of aromatic amines is 1. The molecular weight excluding hydrogens is 846 g/mol. The van der Waals surface area contributed by atoms with Crippen LogP contribution in [0.15, 0.2) is 20.8 Å². The van der Waals surface area contributed by atoms with Crippen molar-refractivity contribution in [2.45, 2.75) is 87.2 Å². The van der Waals surface area contributed by atoms with Crippen molar-refractivity contribution in [3.8, 4) is 0 Å². The second-order valence-corrected chi connectivity index (χ2v) is 15.7. The lowest BCUT2D eigenvalue weighted by molar-refractivity contribution is -0.141. The maximum atomic E-state index is 13.9. The van der Waals surface area contributed by atoms with Crippen molar-refractivity contribution in [1.29, 1.82) is 0 Å². The summed E-state index contributed by atoms with van der Waals surface area (Å²) in [6.07, 6.45) is -5.19. The molecule has 0 spiro atoms. The van der Waals surface area contributed by atoms with Crippen molar-refractivity contribution in [2.24, 2.45) is 22.2 Å². The van der Waals surface area contributed by atoms with Crippen LogP contribution in [-0.2, 0) is 47.8 Å². The predicted molar refractivity (Wildman–Crippen MR) is 208 cm³/mol. The second kappa shape index (κ2) is 23.9. The largest absolute Gasteiger partial charge is 0.480 e. The van der Waals surface area contributed by atoms with E-state index in [4.69, 9.17) is 26.7 Å². The summed E-state index contributed by atoms with van der Waals surface area (Å²) < 4.78 is 26.0. The molecule has 25 nitrogen and oxygen atoms in total. The first-order valence-electron chi connectivity index (χ1n) is 18.1. The summed E-state index contributed by atoms with van der Waals surface area (Å²) in [6, 6.07) is -5.88. The highest BCUT2D eigenvalue weighted by atomic mass is 33.1. The molecule has 1 aromatic heterocycles. The summed E-state index contributed by atoms with van der Waals surface area (Å²) in [5.74, 6) is -9.09. The van der Waals surface area contributed by atoms with E-state index >= 15 is 0 Å². The van der Waals surface area contributed by atoms with E-state index in [1.807, 2.05) is 0 Å². The average Bonchev–Trinajstić information content (AvgIpc) is 3.59. The number of aliphatic hydroxyl groups is 1. The summed E-state index contributed by atoms with van der Waals surface area (Å²) in [6.45, 7) is -1.33. The molecule has 2 aliphatic rings. The summed E-state index contributed by atoms with van der Waals surface area (Å²) in [5.41, 5.74) is 13.7. The first kappa shape index (κ1) is 48.8. The maximum Gasteiger partial charge on any atom is 0.330 e. The third-order valence-electron chi connectivity index (χ3n) is 8.63. The normalized spacial score (nSPS) is 25.0. The summed E-state index contributed by atoms with van der Waals surface area (Å²) in [4.78, 5) is 131. The molecule has 0 aliphatic carbocycles. The van der Waals surface area contributed by atoms with Crippen LogP contribution in [0.2, 0.25) is 0 Å². The van der Waals surface area contributed by atoms with Gasteiger partial charge in [0.2, 0.25) is 41.3 Å². The van der Waals surface area contributed by atoms with Crippen LogP contribution >= 0.6 is 21.6 Å². The smallest absolute Gasteiger partial charge is 0.330 e. The number of ether oxygens (including phenoxy) is 2. The molecule has 332 valence electrons. The van der Waals surface area contributed by atoms with Crippen molar-refractivity contribution < 1.29 is 62.4 Å². The van der Waals surface area contributed by atoms with Gasteiger partial charge in [0, 0.05) is 30.9 Å². The number of primary amides is 1. The van der Waals surface area contributed by atoms with Gasteiger partial charge in [-0.15, -0.1) is 0 Å². The Bertz CT molecular complexity index is 1900. The molecule has 14 N–H and O–H groups in total. The highest BCUT2D eigenvalue weighted by Crippen LogP contribution is 2.31. The molecule has 0 aromatic carbocycles. The highest BCUT2D eigenvalue weighted by Gasteiger charge is 2.39. The standard InChI is InChI=1S/C32H46FN11O14S2/c33-15-9-44(32(56)43-26(15)50)25-7-20(21(11-46)58-25)57-14(10-45)3-4-23(48)40-18-12-59-60-13-19(30(54)55)42-28(52)16(2-1-5-37-31(35)36)39-24(49)8-38-27(51)17(6-22(34)47)41-29(18)53/h9-10,14,16-21,25,46H,1-8,11-13H2,(H2,34,47)(H,38,51)(H,39,49)(H,40,48)(H,41,53)(H,42,52)(H,54,55)(H4,35,36,37)(H,43,50,56)/t14?,16-,17?,18?,19?,20-,21+,25+/m0/s1. The van der Waals surface area contributed by atoms with E-state index in [0.717, 1.165) is 26.2 Å². The topological polar surface area (TPSA) is 401 Å². The number of nitrogens with zero attached hydrogens (tertiary/aromatic N) is 2. The molecule has 60 heavy (non-hydrogen) atoms. The number of carboxylic acid groups (broad SMARTS) is 1. The fraction of sp³-hybridized carbons (Fsp3) is 0.594. The number of carbonyl (C=O) groups is 8. The number of carbonyl (C=O) groups excluding carboxylic acids is 7. The number of halogens is 1. The SMILES string of the molecule is NC(=O)CC1NC(=O)C(NC(=O)CCC(C=O)O[C@H]2C[C@H](n3cc(F)c(=O)[nH]c3=O)O[C@@H]2CO)CSSCC(C(=O)O)NC(=O)[C@H](CCCN=C(N)N)NC(=O)CNC1=O. The first-order valence-corrected chi connectivity index (χ1v) is 20.6. The number of guanidine groups is 1. The number of aliphatic hydroxyl groups excluding tert-OH is 1. The Morgan fingerprint density at radius 1 is 1.05 bits per heavy atom. The zero-order valence-electron chi connectivity index (χ0n) is 31.7. The number of H-pyrrole nitrogens is 1. The van der Waals surface area contributed by atoms with Crippen LogP contribution in [0.25, 0.3) is 0 Å². The van der Waals surface area contributed by atoms with E-state index in [1.165, 1.54) is 0 Å². The van der Waals surface area contributed by atoms with Crippen molar-refractivity contribution in [2.75, 3.05) is 31.2 Å². The molecule has 8 atom stereocenters. The van der Waals surface area contributed by atoms with Crippen LogP contribution in [0.3, 0.4) is 0 Å². The summed E-state index contributed by atoms with van der Waals surface area (Å²) >= 11 is 0. The fourth-order valence-corrected chi connectivity index (χ4v) is 7.96. The van der Waals surface area contributed by atoms with Gasteiger partial charge < -0.3 is 68.3 Å². The molecule has 2 fully saturated rings. The molecule has 0 bridgehead atoms.